The second-order valence-electron chi connectivity index (χ2n) is 3.72. The number of ether oxygens (including phenoxy) is 1. The number of nitrogens with zero attached hydrogens (tertiary/aromatic N) is 1. The maximum absolute atomic E-state index is 5.77. The number of piperidine rings is 1. The minimum atomic E-state index is 0.506. The van der Waals surface area contributed by atoms with E-state index in [1.54, 1.807) is 0 Å². The molecule has 3 heteroatoms. The van der Waals surface area contributed by atoms with Crippen LogP contribution in [0.15, 0.2) is 0 Å². The number of rotatable bonds is 5. The van der Waals surface area contributed by atoms with Gasteiger partial charge in [-0.15, -0.1) is 0 Å². The summed E-state index contributed by atoms with van der Waals surface area (Å²) in [5, 5.41) is 3.33. The van der Waals surface area contributed by atoms with Crippen LogP contribution in [0.25, 0.3) is 0 Å². The highest BCUT2D eigenvalue weighted by molar-refractivity contribution is 4.68. The molecular weight excluding hydrogens is 164 g/mol. The normalized spacial score (nSPS) is 19.6. The third-order valence-electron chi connectivity index (χ3n) is 2.65. The number of hydrogen-bond acceptors (Lipinski definition) is 3. The first-order chi connectivity index (χ1) is 6.33. The van der Waals surface area contributed by atoms with E-state index in [1.807, 2.05) is 0 Å². The monoisotopic (exact) mass is 186 g/mol. The molecular formula is C10H22N2O. The molecule has 0 spiro atoms. The molecule has 78 valence electrons. The highest BCUT2D eigenvalue weighted by atomic mass is 16.5. The molecule has 0 radical (unpaired) electrons. The van der Waals surface area contributed by atoms with Gasteiger partial charge in [0.1, 0.15) is 0 Å². The van der Waals surface area contributed by atoms with Gasteiger partial charge in [0, 0.05) is 6.54 Å². The van der Waals surface area contributed by atoms with Gasteiger partial charge in [-0.2, -0.15) is 0 Å². The summed E-state index contributed by atoms with van der Waals surface area (Å²) in [6, 6.07) is 0. The van der Waals surface area contributed by atoms with Gasteiger partial charge in [0.25, 0.3) is 0 Å². The van der Waals surface area contributed by atoms with E-state index in [1.165, 1.54) is 12.8 Å². The zero-order chi connectivity index (χ0) is 9.52. The van der Waals surface area contributed by atoms with E-state index in [-0.39, 0.29) is 0 Å². The highest BCUT2D eigenvalue weighted by Crippen LogP contribution is 2.06. The fourth-order valence-electron chi connectivity index (χ4n) is 1.50. The Balaban J connectivity index is 1.98. The molecule has 0 amide bonds. The quantitative estimate of drug-likeness (QED) is 0.684. The molecule has 0 aromatic rings. The minimum absolute atomic E-state index is 0.506. The molecule has 3 nitrogen and oxygen atoms in total. The molecule has 13 heavy (non-hydrogen) atoms. The molecule has 1 fully saturated rings. The van der Waals surface area contributed by atoms with Crippen molar-refractivity contribution in [3.8, 4) is 0 Å². The average molecular weight is 186 g/mol. The van der Waals surface area contributed by atoms with E-state index in [0.717, 1.165) is 32.8 Å². The first-order valence-electron chi connectivity index (χ1n) is 5.33. The van der Waals surface area contributed by atoms with Crippen LogP contribution < -0.4 is 5.32 Å². The van der Waals surface area contributed by atoms with E-state index in [4.69, 9.17) is 4.74 Å². The third kappa shape index (κ3) is 4.60. The lowest BCUT2D eigenvalue weighted by Gasteiger charge is -2.24. The summed E-state index contributed by atoms with van der Waals surface area (Å²) < 4.78 is 5.77. The van der Waals surface area contributed by atoms with Crippen LogP contribution in [-0.2, 0) is 4.74 Å². The van der Waals surface area contributed by atoms with Crippen molar-refractivity contribution in [1.29, 1.82) is 0 Å². The summed E-state index contributed by atoms with van der Waals surface area (Å²) in [6.07, 6.45) is 2.86. The predicted molar refractivity (Wildman–Crippen MR) is 55.0 cm³/mol. The Morgan fingerprint density at radius 3 is 2.69 bits per heavy atom. The van der Waals surface area contributed by atoms with Crippen molar-refractivity contribution < 1.29 is 4.74 Å². The fourth-order valence-corrected chi connectivity index (χ4v) is 1.50. The fraction of sp³-hybridized carbons (Fsp3) is 1.00. The SMILES string of the molecule is CCN(C)CCOC1CCNCC1. The van der Waals surface area contributed by atoms with Crippen molar-refractivity contribution in [3.05, 3.63) is 0 Å². The van der Waals surface area contributed by atoms with Crippen LogP contribution in [0.3, 0.4) is 0 Å². The first-order valence-corrected chi connectivity index (χ1v) is 5.33. The van der Waals surface area contributed by atoms with Crippen LogP contribution in [0.4, 0.5) is 0 Å². The molecule has 0 aliphatic carbocycles. The van der Waals surface area contributed by atoms with Gasteiger partial charge in [-0.05, 0) is 39.5 Å². The van der Waals surface area contributed by atoms with Crippen molar-refractivity contribution in [2.45, 2.75) is 25.9 Å². The lowest BCUT2D eigenvalue weighted by Crippen LogP contribution is -2.34. The molecule has 1 saturated heterocycles. The molecule has 0 unspecified atom stereocenters. The summed E-state index contributed by atoms with van der Waals surface area (Å²) in [7, 11) is 2.13. The zero-order valence-electron chi connectivity index (χ0n) is 8.88. The molecule has 0 aromatic carbocycles. The number of nitrogens with one attached hydrogen (secondary N) is 1. The van der Waals surface area contributed by atoms with E-state index >= 15 is 0 Å². The van der Waals surface area contributed by atoms with Crippen LogP contribution >= 0.6 is 0 Å². The molecule has 0 bridgehead atoms. The van der Waals surface area contributed by atoms with Crippen LogP contribution in [0.5, 0.6) is 0 Å². The van der Waals surface area contributed by atoms with Crippen LogP contribution in [0, 0.1) is 0 Å². The Kier molecular flexibility index (Phi) is 5.35. The molecule has 0 aromatic heterocycles. The van der Waals surface area contributed by atoms with E-state index in [9.17, 15) is 0 Å². The molecule has 1 aliphatic rings. The summed E-state index contributed by atoms with van der Waals surface area (Å²) >= 11 is 0. The van der Waals surface area contributed by atoms with Gasteiger partial charge in [0.15, 0.2) is 0 Å². The maximum Gasteiger partial charge on any atom is 0.0600 e. The molecule has 1 aliphatic heterocycles. The Hall–Kier alpha value is -0.120. The van der Waals surface area contributed by atoms with Crippen LogP contribution in [0.1, 0.15) is 19.8 Å². The van der Waals surface area contributed by atoms with Gasteiger partial charge in [0.05, 0.1) is 12.7 Å². The average Bonchev–Trinajstić information content (AvgIpc) is 2.19. The molecule has 1 rings (SSSR count). The maximum atomic E-state index is 5.77. The summed E-state index contributed by atoms with van der Waals surface area (Å²) in [5.74, 6) is 0. The van der Waals surface area contributed by atoms with Crippen LogP contribution in [-0.4, -0.2) is 50.8 Å². The van der Waals surface area contributed by atoms with Crippen molar-refractivity contribution in [3.63, 3.8) is 0 Å². The van der Waals surface area contributed by atoms with Crippen molar-refractivity contribution in [1.82, 2.24) is 10.2 Å². The standard InChI is InChI=1S/C10H22N2O/c1-3-12(2)8-9-13-10-4-6-11-7-5-10/h10-11H,3-9H2,1-2H3. The van der Waals surface area contributed by atoms with E-state index in [0.29, 0.717) is 6.10 Å². The smallest absolute Gasteiger partial charge is 0.0600 e. The second-order valence-corrected chi connectivity index (χ2v) is 3.72. The summed E-state index contributed by atoms with van der Waals surface area (Å²) in [4.78, 5) is 2.28. The van der Waals surface area contributed by atoms with E-state index < -0.39 is 0 Å². The van der Waals surface area contributed by atoms with Crippen molar-refractivity contribution in [2.24, 2.45) is 0 Å². The Morgan fingerprint density at radius 1 is 1.38 bits per heavy atom. The lowest BCUT2D eigenvalue weighted by molar-refractivity contribution is 0.0237. The third-order valence-corrected chi connectivity index (χ3v) is 2.65. The molecule has 1 heterocycles. The van der Waals surface area contributed by atoms with E-state index in [2.05, 4.69) is 24.2 Å². The van der Waals surface area contributed by atoms with Gasteiger partial charge in [-0.3, -0.25) is 0 Å². The largest absolute Gasteiger partial charge is 0.377 e. The topological polar surface area (TPSA) is 24.5 Å². The van der Waals surface area contributed by atoms with Gasteiger partial charge >= 0.3 is 0 Å². The highest BCUT2D eigenvalue weighted by Gasteiger charge is 2.12. The molecule has 1 N–H and O–H groups in total. The van der Waals surface area contributed by atoms with Gasteiger partial charge in [-0.1, -0.05) is 6.92 Å². The zero-order valence-corrected chi connectivity index (χ0v) is 8.88. The number of likely N-dealkylation sites (N-methyl/N-ethyl adjacent to an activating group) is 1. The first kappa shape index (κ1) is 11.0. The Labute approximate surface area is 81.4 Å². The van der Waals surface area contributed by atoms with Crippen molar-refractivity contribution >= 4 is 0 Å². The van der Waals surface area contributed by atoms with Gasteiger partial charge in [0.2, 0.25) is 0 Å². The van der Waals surface area contributed by atoms with Crippen LogP contribution in [0.2, 0.25) is 0 Å². The molecule has 0 atom stereocenters. The summed E-state index contributed by atoms with van der Waals surface area (Å²) in [6.45, 7) is 7.46. The second kappa shape index (κ2) is 6.35. The minimum Gasteiger partial charge on any atom is -0.377 e. The predicted octanol–water partition coefficient (Wildman–Crippen LogP) is 0.707. The van der Waals surface area contributed by atoms with Crippen molar-refractivity contribution in [2.75, 3.05) is 39.8 Å². The Morgan fingerprint density at radius 2 is 2.08 bits per heavy atom. The van der Waals surface area contributed by atoms with Gasteiger partial charge < -0.3 is 15.0 Å². The van der Waals surface area contributed by atoms with Gasteiger partial charge in [-0.25, -0.2) is 0 Å². The lowest BCUT2D eigenvalue weighted by atomic mass is 10.1. The summed E-state index contributed by atoms with van der Waals surface area (Å²) in [5.41, 5.74) is 0. The Bertz CT molecular complexity index is 124. The number of hydrogen-bond donors (Lipinski definition) is 1. The molecule has 0 saturated carbocycles.